The second-order valence-electron chi connectivity index (χ2n) is 3.83. The molecule has 66 valence electrons. The molecular formula is C9H20N2. The van der Waals surface area contributed by atoms with E-state index in [1.54, 1.807) is 0 Å². The first-order valence-electron chi connectivity index (χ1n) is 4.59. The maximum absolute atomic E-state index is 2.58. The average Bonchev–Trinajstić information content (AvgIpc) is 2.31. The van der Waals surface area contributed by atoms with Crippen molar-refractivity contribution in [2.45, 2.75) is 25.8 Å². The van der Waals surface area contributed by atoms with Crippen molar-refractivity contribution < 1.29 is 0 Å². The molecule has 1 aliphatic rings. The molecule has 11 heavy (non-hydrogen) atoms. The van der Waals surface area contributed by atoms with E-state index in [9.17, 15) is 0 Å². The Kier molecular flexibility index (Phi) is 3.34. The van der Waals surface area contributed by atoms with Crippen molar-refractivity contribution in [3.63, 3.8) is 0 Å². The van der Waals surface area contributed by atoms with Gasteiger partial charge in [0.1, 0.15) is 0 Å². The molecule has 1 aliphatic heterocycles. The predicted molar refractivity (Wildman–Crippen MR) is 48.8 cm³/mol. The van der Waals surface area contributed by atoms with E-state index in [1.807, 2.05) is 0 Å². The number of rotatable bonds is 3. The maximum Gasteiger partial charge on any atom is 0.0112 e. The van der Waals surface area contributed by atoms with Crippen LogP contribution in [-0.2, 0) is 0 Å². The highest BCUT2D eigenvalue weighted by Gasteiger charge is 2.18. The lowest BCUT2D eigenvalue weighted by Gasteiger charge is -2.22. The summed E-state index contributed by atoms with van der Waals surface area (Å²) in [5.74, 6) is 0. The number of likely N-dealkylation sites (N-methyl/N-ethyl adjacent to an activating group) is 1. The number of nitrogens with zero attached hydrogens (tertiary/aromatic N) is 2. The standard InChI is InChI=1S/C9H20N2/c1-9-5-4-6-11(9)8-7-10(2)3/h9H,4-8H2,1-3H3. The Bertz CT molecular complexity index is 112. The van der Waals surface area contributed by atoms with E-state index in [0.717, 1.165) is 6.04 Å². The van der Waals surface area contributed by atoms with Crippen LogP contribution < -0.4 is 0 Å². The zero-order chi connectivity index (χ0) is 8.27. The molecule has 2 nitrogen and oxygen atoms in total. The summed E-state index contributed by atoms with van der Waals surface area (Å²) in [6.07, 6.45) is 2.79. The number of hydrogen-bond donors (Lipinski definition) is 0. The molecule has 0 saturated carbocycles. The lowest BCUT2D eigenvalue weighted by Crippen LogP contribution is -2.33. The van der Waals surface area contributed by atoms with Gasteiger partial charge in [-0.1, -0.05) is 0 Å². The van der Waals surface area contributed by atoms with Gasteiger partial charge < -0.3 is 4.90 Å². The maximum atomic E-state index is 2.58. The molecule has 0 spiro atoms. The van der Waals surface area contributed by atoms with Gasteiger partial charge in [-0.05, 0) is 40.4 Å². The smallest absolute Gasteiger partial charge is 0.0112 e. The summed E-state index contributed by atoms with van der Waals surface area (Å²) in [6, 6.07) is 0.829. The Labute approximate surface area is 70.2 Å². The Morgan fingerprint density at radius 1 is 1.45 bits per heavy atom. The highest BCUT2D eigenvalue weighted by Crippen LogP contribution is 2.15. The minimum Gasteiger partial charge on any atom is -0.308 e. The van der Waals surface area contributed by atoms with Crippen molar-refractivity contribution in [1.29, 1.82) is 0 Å². The molecule has 0 aromatic heterocycles. The third kappa shape index (κ3) is 2.80. The van der Waals surface area contributed by atoms with Crippen LogP contribution in [0.4, 0.5) is 0 Å². The molecule has 1 fully saturated rings. The molecule has 0 aromatic carbocycles. The van der Waals surface area contributed by atoms with Crippen LogP contribution in [0, 0.1) is 0 Å². The van der Waals surface area contributed by atoms with Gasteiger partial charge in [0.2, 0.25) is 0 Å². The summed E-state index contributed by atoms with van der Waals surface area (Å²) < 4.78 is 0. The molecule has 1 atom stereocenters. The molecule has 1 rings (SSSR count). The van der Waals surface area contributed by atoms with Crippen molar-refractivity contribution in [2.24, 2.45) is 0 Å². The van der Waals surface area contributed by atoms with E-state index in [2.05, 4.69) is 30.8 Å². The van der Waals surface area contributed by atoms with Crippen molar-refractivity contribution in [3.8, 4) is 0 Å². The van der Waals surface area contributed by atoms with E-state index in [4.69, 9.17) is 0 Å². The average molecular weight is 156 g/mol. The van der Waals surface area contributed by atoms with Gasteiger partial charge in [-0.2, -0.15) is 0 Å². The minimum absolute atomic E-state index is 0.829. The summed E-state index contributed by atoms with van der Waals surface area (Å²) >= 11 is 0. The van der Waals surface area contributed by atoms with Crippen LogP contribution in [0.2, 0.25) is 0 Å². The topological polar surface area (TPSA) is 6.48 Å². The van der Waals surface area contributed by atoms with Crippen LogP contribution in [0.5, 0.6) is 0 Å². The summed E-state index contributed by atoms with van der Waals surface area (Å²) in [4.78, 5) is 4.84. The normalized spacial score (nSPS) is 26.7. The van der Waals surface area contributed by atoms with E-state index < -0.39 is 0 Å². The Hall–Kier alpha value is -0.0800. The van der Waals surface area contributed by atoms with Crippen molar-refractivity contribution in [1.82, 2.24) is 9.80 Å². The summed E-state index contributed by atoms with van der Waals surface area (Å²) in [6.45, 7) is 6.09. The molecule has 1 heterocycles. The van der Waals surface area contributed by atoms with Crippen LogP contribution in [0.1, 0.15) is 19.8 Å². The largest absolute Gasteiger partial charge is 0.308 e. The first kappa shape index (κ1) is 9.01. The molecule has 0 aromatic rings. The molecule has 0 amide bonds. The third-order valence-corrected chi connectivity index (χ3v) is 2.53. The second-order valence-corrected chi connectivity index (χ2v) is 3.83. The lowest BCUT2D eigenvalue weighted by molar-refractivity contribution is 0.236. The predicted octanol–water partition coefficient (Wildman–Crippen LogP) is 1.03. The second kappa shape index (κ2) is 4.07. The van der Waals surface area contributed by atoms with Crippen LogP contribution in [-0.4, -0.2) is 49.6 Å². The third-order valence-electron chi connectivity index (χ3n) is 2.53. The summed E-state index contributed by atoms with van der Waals surface area (Å²) in [5, 5.41) is 0. The molecule has 0 radical (unpaired) electrons. The van der Waals surface area contributed by atoms with Gasteiger partial charge in [0, 0.05) is 19.1 Å². The quantitative estimate of drug-likeness (QED) is 0.602. The first-order valence-corrected chi connectivity index (χ1v) is 4.59. The Morgan fingerprint density at radius 2 is 2.18 bits per heavy atom. The molecule has 0 N–H and O–H groups in total. The van der Waals surface area contributed by atoms with Crippen molar-refractivity contribution >= 4 is 0 Å². The van der Waals surface area contributed by atoms with Gasteiger partial charge >= 0.3 is 0 Å². The zero-order valence-electron chi connectivity index (χ0n) is 8.01. The van der Waals surface area contributed by atoms with E-state index in [-0.39, 0.29) is 0 Å². The monoisotopic (exact) mass is 156 g/mol. The summed E-state index contributed by atoms with van der Waals surface area (Å²) in [7, 11) is 4.28. The SMILES string of the molecule is CC1CCCN1CCN(C)C. The number of hydrogen-bond acceptors (Lipinski definition) is 2. The fourth-order valence-corrected chi connectivity index (χ4v) is 1.65. The molecule has 0 aliphatic carbocycles. The van der Waals surface area contributed by atoms with Crippen LogP contribution in [0.3, 0.4) is 0 Å². The number of likely N-dealkylation sites (tertiary alicyclic amines) is 1. The van der Waals surface area contributed by atoms with Gasteiger partial charge in [0.05, 0.1) is 0 Å². The molecular weight excluding hydrogens is 136 g/mol. The van der Waals surface area contributed by atoms with Gasteiger partial charge in [0.15, 0.2) is 0 Å². The van der Waals surface area contributed by atoms with Gasteiger partial charge in [-0.3, -0.25) is 4.90 Å². The lowest BCUT2D eigenvalue weighted by atomic mass is 10.2. The fraction of sp³-hybridized carbons (Fsp3) is 1.00. The van der Waals surface area contributed by atoms with E-state index >= 15 is 0 Å². The van der Waals surface area contributed by atoms with Crippen LogP contribution >= 0.6 is 0 Å². The Balaban J connectivity index is 2.15. The van der Waals surface area contributed by atoms with Crippen LogP contribution in [0.25, 0.3) is 0 Å². The molecule has 0 bridgehead atoms. The van der Waals surface area contributed by atoms with E-state index in [1.165, 1.54) is 32.5 Å². The van der Waals surface area contributed by atoms with Gasteiger partial charge in [-0.25, -0.2) is 0 Å². The van der Waals surface area contributed by atoms with Gasteiger partial charge in [-0.15, -0.1) is 0 Å². The fourth-order valence-electron chi connectivity index (χ4n) is 1.65. The highest BCUT2D eigenvalue weighted by molar-refractivity contribution is 4.75. The summed E-state index contributed by atoms with van der Waals surface area (Å²) in [5.41, 5.74) is 0. The zero-order valence-corrected chi connectivity index (χ0v) is 8.01. The Morgan fingerprint density at radius 3 is 2.64 bits per heavy atom. The van der Waals surface area contributed by atoms with Gasteiger partial charge in [0.25, 0.3) is 0 Å². The molecule has 1 unspecified atom stereocenters. The molecule has 2 heteroatoms. The first-order chi connectivity index (χ1) is 5.20. The van der Waals surface area contributed by atoms with Crippen molar-refractivity contribution in [3.05, 3.63) is 0 Å². The minimum atomic E-state index is 0.829. The van der Waals surface area contributed by atoms with Crippen molar-refractivity contribution in [2.75, 3.05) is 33.7 Å². The van der Waals surface area contributed by atoms with E-state index in [0.29, 0.717) is 0 Å². The molecule has 1 saturated heterocycles. The highest BCUT2D eigenvalue weighted by atomic mass is 15.2. The van der Waals surface area contributed by atoms with Crippen LogP contribution in [0.15, 0.2) is 0 Å².